The van der Waals surface area contributed by atoms with E-state index in [0.717, 1.165) is 14.8 Å². The Kier molecular flexibility index (Phi) is 4.28. The summed E-state index contributed by atoms with van der Waals surface area (Å²) in [5.41, 5.74) is 1.74. The lowest BCUT2D eigenvalue weighted by molar-refractivity contribution is -0.384. The van der Waals surface area contributed by atoms with Crippen molar-refractivity contribution >= 4 is 51.4 Å². The lowest BCUT2D eigenvalue weighted by atomic mass is 10.2. The van der Waals surface area contributed by atoms with E-state index in [9.17, 15) is 10.1 Å². The molecule has 0 amide bonds. The van der Waals surface area contributed by atoms with Gasteiger partial charge in [0.05, 0.1) is 16.6 Å². The van der Waals surface area contributed by atoms with Crippen LogP contribution in [-0.4, -0.2) is 29.5 Å². The van der Waals surface area contributed by atoms with E-state index in [1.165, 1.54) is 12.1 Å². The van der Waals surface area contributed by atoms with Crippen molar-refractivity contribution in [3.8, 4) is 5.69 Å². The van der Waals surface area contributed by atoms with Crippen LogP contribution in [0.15, 0.2) is 48.7 Å². The van der Waals surface area contributed by atoms with Gasteiger partial charge in [-0.15, -0.1) is 0 Å². The van der Waals surface area contributed by atoms with Crippen LogP contribution in [0.4, 0.5) is 5.69 Å². The van der Waals surface area contributed by atoms with Crippen LogP contribution in [0.2, 0.25) is 0 Å². The van der Waals surface area contributed by atoms with E-state index >= 15 is 0 Å². The second-order valence-corrected chi connectivity index (χ2v) is 7.19. The van der Waals surface area contributed by atoms with Gasteiger partial charge in [0, 0.05) is 26.8 Å². The molecule has 0 saturated carbocycles. The van der Waals surface area contributed by atoms with Crippen molar-refractivity contribution in [2.75, 3.05) is 0 Å². The summed E-state index contributed by atoms with van der Waals surface area (Å²) in [6, 6.07) is 12.6. The van der Waals surface area contributed by atoms with Gasteiger partial charge in [-0.05, 0) is 65.1 Å². The maximum absolute atomic E-state index is 10.9. The maximum atomic E-state index is 10.9. The number of hydrogen-bond donors (Lipinski definition) is 1. The van der Waals surface area contributed by atoms with E-state index in [0.29, 0.717) is 22.5 Å². The van der Waals surface area contributed by atoms with Crippen molar-refractivity contribution in [3.63, 3.8) is 0 Å². The van der Waals surface area contributed by atoms with Gasteiger partial charge in [-0.2, -0.15) is 10.2 Å². The zero-order chi connectivity index (χ0) is 18.3. The molecule has 0 atom stereocenters. The fourth-order valence-electron chi connectivity index (χ4n) is 2.74. The predicted octanol–water partition coefficient (Wildman–Crippen LogP) is 3.84. The fraction of sp³-hybridized carbons (Fsp3) is 0.0625. The summed E-state index contributed by atoms with van der Waals surface area (Å²) in [6.45, 7) is 0.375. The van der Waals surface area contributed by atoms with Gasteiger partial charge in [-0.1, -0.05) is 0 Å². The Balaban J connectivity index is 1.75. The number of halogens is 1. The van der Waals surface area contributed by atoms with Crippen molar-refractivity contribution in [1.82, 2.24) is 24.5 Å². The minimum absolute atomic E-state index is 0.0404. The molecule has 8 nitrogen and oxygen atoms in total. The number of aromatic nitrogens is 5. The molecule has 0 aliphatic carbocycles. The number of nitro groups is 1. The van der Waals surface area contributed by atoms with E-state index < -0.39 is 4.92 Å². The molecule has 4 aromatic rings. The van der Waals surface area contributed by atoms with Crippen LogP contribution in [0.25, 0.3) is 16.6 Å². The number of non-ortho nitro benzene ring substituents is 1. The topological polar surface area (TPSA) is 94.6 Å². The van der Waals surface area contributed by atoms with Crippen molar-refractivity contribution < 1.29 is 4.92 Å². The molecule has 2 aromatic carbocycles. The lowest BCUT2D eigenvalue weighted by Crippen LogP contribution is -2.08. The molecule has 26 heavy (non-hydrogen) atoms. The minimum Gasteiger partial charge on any atom is -0.271 e. The second-order valence-electron chi connectivity index (χ2n) is 5.56. The molecule has 0 saturated heterocycles. The van der Waals surface area contributed by atoms with Crippen molar-refractivity contribution in [2.45, 2.75) is 6.54 Å². The van der Waals surface area contributed by atoms with Gasteiger partial charge >= 0.3 is 0 Å². The average Bonchev–Trinajstić information content (AvgIpc) is 3.19. The highest BCUT2D eigenvalue weighted by molar-refractivity contribution is 14.1. The molecular weight excluding hydrogens is 467 g/mol. The number of nitro benzene ring substituents is 1. The maximum Gasteiger partial charge on any atom is 0.270 e. The largest absolute Gasteiger partial charge is 0.271 e. The van der Waals surface area contributed by atoms with Gasteiger partial charge < -0.3 is 0 Å². The first-order chi connectivity index (χ1) is 12.5. The zero-order valence-electron chi connectivity index (χ0n) is 13.2. The van der Waals surface area contributed by atoms with Crippen LogP contribution >= 0.6 is 34.8 Å². The van der Waals surface area contributed by atoms with Gasteiger partial charge in [0.1, 0.15) is 6.54 Å². The zero-order valence-corrected chi connectivity index (χ0v) is 16.1. The first kappa shape index (κ1) is 16.8. The highest BCUT2D eigenvalue weighted by atomic mass is 127. The van der Waals surface area contributed by atoms with Crippen molar-refractivity contribution in [3.05, 3.63) is 72.9 Å². The SMILES string of the molecule is O=[N+]([O-])c1ccc2c(cnn2Cc2n[nH]c(=S)n2-c2ccc(I)cc2)c1. The Morgan fingerprint density at radius 3 is 2.73 bits per heavy atom. The number of nitrogens with one attached hydrogen (secondary N) is 1. The molecule has 0 bridgehead atoms. The van der Waals surface area contributed by atoms with Crippen LogP contribution in [0.1, 0.15) is 5.82 Å². The number of hydrogen-bond acceptors (Lipinski definition) is 5. The Morgan fingerprint density at radius 1 is 1.23 bits per heavy atom. The molecule has 0 spiro atoms. The van der Waals surface area contributed by atoms with Gasteiger partial charge in [-0.3, -0.25) is 24.5 Å². The summed E-state index contributed by atoms with van der Waals surface area (Å²) >= 11 is 7.61. The van der Waals surface area contributed by atoms with Crippen LogP contribution < -0.4 is 0 Å². The predicted molar refractivity (Wildman–Crippen MR) is 107 cm³/mol. The minimum atomic E-state index is -0.418. The molecule has 2 aromatic heterocycles. The summed E-state index contributed by atoms with van der Waals surface area (Å²) in [7, 11) is 0. The second kappa shape index (κ2) is 6.61. The third-order valence-corrected chi connectivity index (χ3v) is 4.95. The summed E-state index contributed by atoms with van der Waals surface area (Å²) in [5, 5.41) is 23.1. The smallest absolute Gasteiger partial charge is 0.270 e. The molecule has 130 valence electrons. The van der Waals surface area contributed by atoms with Crippen LogP contribution in [0.3, 0.4) is 0 Å². The average molecular weight is 478 g/mol. The number of rotatable bonds is 4. The highest BCUT2D eigenvalue weighted by Crippen LogP contribution is 2.22. The third kappa shape index (κ3) is 3.01. The summed E-state index contributed by atoms with van der Waals surface area (Å²) in [6.07, 6.45) is 1.61. The summed E-state index contributed by atoms with van der Waals surface area (Å²) in [4.78, 5) is 10.5. The van der Waals surface area contributed by atoms with Gasteiger partial charge in [-0.25, -0.2) is 0 Å². The van der Waals surface area contributed by atoms with Crippen LogP contribution in [0.5, 0.6) is 0 Å². The van der Waals surface area contributed by atoms with Gasteiger partial charge in [0.15, 0.2) is 10.6 Å². The first-order valence-electron chi connectivity index (χ1n) is 7.55. The van der Waals surface area contributed by atoms with Crippen molar-refractivity contribution in [1.29, 1.82) is 0 Å². The molecule has 10 heteroatoms. The van der Waals surface area contributed by atoms with Crippen molar-refractivity contribution in [2.24, 2.45) is 0 Å². The van der Waals surface area contributed by atoms with E-state index in [2.05, 4.69) is 37.9 Å². The lowest BCUT2D eigenvalue weighted by Gasteiger charge is -2.08. The number of H-pyrrole nitrogens is 1. The molecular formula is C16H11IN6O2S. The molecule has 4 rings (SSSR count). The number of aromatic amines is 1. The normalized spacial score (nSPS) is 11.1. The standard InChI is InChI=1S/C16H11IN6O2S/c17-11-1-3-12(4-2-11)22-15(19-20-16(22)26)9-21-14-6-5-13(23(24)25)7-10(14)8-18-21/h1-8H,9H2,(H,20,26). The molecule has 1 N–H and O–H groups in total. The Bertz CT molecular complexity index is 1180. The quantitative estimate of drug-likeness (QED) is 0.208. The Labute approximate surface area is 165 Å². The van der Waals surface area contributed by atoms with Crippen LogP contribution in [0, 0.1) is 18.5 Å². The summed E-state index contributed by atoms with van der Waals surface area (Å²) < 4.78 is 5.22. The Hall–Kier alpha value is -2.60. The molecule has 2 heterocycles. The monoisotopic (exact) mass is 478 g/mol. The van der Waals surface area contributed by atoms with E-state index in [1.807, 2.05) is 28.8 Å². The fourth-order valence-corrected chi connectivity index (χ4v) is 3.36. The van der Waals surface area contributed by atoms with Gasteiger partial charge in [0.2, 0.25) is 0 Å². The molecule has 0 aliphatic heterocycles. The van der Waals surface area contributed by atoms with E-state index in [4.69, 9.17) is 12.2 Å². The highest BCUT2D eigenvalue weighted by Gasteiger charge is 2.13. The Morgan fingerprint density at radius 2 is 2.00 bits per heavy atom. The molecule has 0 radical (unpaired) electrons. The molecule has 0 fully saturated rings. The van der Waals surface area contributed by atoms with E-state index in [-0.39, 0.29) is 5.69 Å². The third-order valence-electron chi connectivity index (χ3n) is 3.95. The number of fused-ring (bicyclic) bond motifs is 1. The summed E-state index contributed by atoms with van der Waals surface area (Å²) in [5.74, 6) is 0.694. The number of benzene rings is 2. The molecule has 0 aliphatic rings. The van der Waals surface area contributed by atoms with Gasteiger partial charge in [0.25, 0.3) is 5.69 Å². The molecule has 0 unspecified atom stereocenters. The van der Waals surface area contributed by atoms with Crippen LogP contribution in [-0.2, 0) is 6.54 Å². The number of nitrogens with zero attached hydrogens (tertiary/aromatic N) is 5. The first-order valence-corrected chi connectivity index (χ1v) is 9.04. The van der Waals surface area contributed by atoms with E-state index in [1.54, 1.807) is 16.9 Å².